The van der Waals surface area contributed by atoms with Crippen LogP contribution in [0, 0.1) is 0 Å². The van der Waals surface area contributed by atoms with Gasteiger partial charge in [-0.1, -0.05) is 6.92 Å². The van der Waals surface area contributed by atoms with Gasteiger partial charge in [0.2, 0.25) is 0 Å². The molecule has 104 valence electrons. The predicted octanol–water partition coefficient (Wildman–Crippen LogP) is 3.07. The molecule has 1 unspecified atom stereocenters. The van der Waals surface area contributed by atoms with Crippen LogP contribution in [-0.4, -0.2) is 24.8 Å². The van der Waals surface area contributed by atoms with Crippen molar-refractivity contribution in [1.29, 1.82) is 0 Å². The van der Waals surface area contributed by atoms with E-state index in [-0.39, 0.29) is 6.54 Å². The number of aromatic nitrogens is 1. The third-order valence-electron chi connectivity index (χ3n) is 2.76. The van der Waals surface area contributed by atoms with Crippen molar-refractivity contribution in [2.24, 2.45) is 0 Å². The fraction of sp³-hybridized carbons (Fsp3) is 0.727. The molecule has 1 N–H and O–H groups in total. The molecule has 0 aliphatic carbocycles. The summed E-state index contributed by atoms with van der Waals surface area (Å²) in [7, 11) is 1.60. The first kappa shape index (κ1) is 15.4. The quantitative estimate of drug-likeness (QED) is 0.870. The number of halogens is 3. The van der Waals surface area contributed by atoms with Gasteiger partial charge in [0, 0.05) is 19.0 Å². The second kappa shape index (κ2) is 5.99. The number of ether oxygens (including phenoxy) is 1. The minimum atomic E-state index is -4.19. The Bertz CT molecular complexity index is 375. The van der Waals surface area contributed by atoms with Gasteiger partial charge in [0.15, 0.2) is 0 Å². The summed E-state index contributed by atoms with van der Waals surface area (Å²) in [6.07, 6.45) is -3.43. The highest BCUT2D eigenvalue weighted by Gasteiger charge is 2.28. The second-order valence-corrected chi connectivity index (χ2v) is 5.01. The van der Waals surface area contributed by atoms with Crippen LogP contribution in [0.4, 0.5) is 13.2 Å². The van der Waals surface area contributed by atoms with Crippen molar-refractivity contribution < 1.29 is 17.9 Å². The Morgan fingerprint density at radius 2 is 2.11 bits per heavy atom. The third kappa shape index (κ3) is 4.22. The maximum atomic E-state index is 12.0. The summed E-state index contributed by atoms with van der Waals surface area (Å²) in [5, 5.41) is 4.86. The monoisotopic (exact) mass is 282 g/mol. The van der Waals surface area contributed by atoms with Crippen LogP contribution >= 0.6 is 11.3 Å². The van der Waals surface area contributed by atoms with E-state index in [1.165, 1.54) is 11.3 Å². The molecule has 1 aromatic rings. The molecule has 1 rings (SSSR count). The lowest BCUT2D eigenvalue weighted by atomic mass is 10.1. The van der Waals surface area contributed by atoms with Crippen LogP contribution in [0.1, 0.15) is 31.0 Å². The van der Waals surface area contributed by atoms with Gasteiger partial charge >= 0.3 is 6.18 Å². The van der Waals surface area contributed by atoms with Gasteiger partial charge < -0.3 is 10.1 Å². The standard InChI is InChI=1S/C11H17F3N2OS/c1-4-10(2,17-3)9-16-8(6-18-9)5-15-7-11(12,13)14/h6,15H,4-5,7H2,1-3H3. The number of thiazole rings is 1. The van der Waals surface area contributed by atoms with E-state index >= 15 is 0 Å². The molecule has 7 heteroatoms. The van der Waals surface area contributed by atoms with E-state index in [2.05, 4.69) is 10.3 Å². The Kier molecular flexibility index (Phi) is 5.12. The van der Waals surface area contributed by atoms with Crippen LogP contribution in [0.3, 0.4) is 0 Å². The molecule has 1 heterocycles. The summed E-state index contributed by atoms with van der Waals surface area (Å²) in [5.74, 6) is 0. The molecule has 1 aromatic heterocycles. The average molecular weight is 282 g/mol. The number of hydrogen-bond acceptors (Lipinski definition) is 4. The van der Waals surface area contributed by atoms with Crippen LogP contribution in [0.5, 0.6) is 0 Å². The number of methoxy groups -OCH3 is 1. The van der Waals surface area contributed by atoms with Gasteiger partial charge in [-0.2, -0.15) is 13.2 Å². The topological polar surface area (TPSA) is 34.1 Å². The number of nitrogens with zero attached hydrogens (tertiary/aromatic N) is 1. The first-order valence-electron chi connectivity index (χ1n) is 5.58. The molecule has 0 bridgehead atoms. The van der Waals surface area contributed by atoms with Gasteiger partial charge in [-0.3, -0.25) is 0 Å². The molecule has 0 saturated heterocycles. The fourth-order valence-corrected chi connectivity index (χ4v) is 2.38. The molecule has 18 heavy (non-hydrogen) atoms. The van der Waals surface area contributed by atoms with Gasteiger partial charge in [-0.05, 0) is 13.3 Å². The molecule has 1 atom stereocenters. The number of nitrogens with one attached hydrogen (secondary N) is 1. The first-order chi connectivity index (χ1) is 8.30. The number of hydrogen-bond donors (Lipinski definition) is 1. The maximum Gasteiger partial charge on any atom is 0.401 e. The van der Waals surface area contributed by atoms with E-state index in [4.69, 9.17) is 4.74 Å². The minimum Gasteiger partial charge on any atom is -0.371 e. The van der Waals surface area contributed by atoms with Crippen molar-refractivity contribution in [3.8, 4) is 0 Å². The molecule has 0 aliphatic rings. The average Bonchev–Trinajstić information content (AvgIpc) is 2.75. The minimum absolute atomic E-state index is 0.111. The van der Waals surface area contributed by atoms with E-state index in [0.29, 0.717) is 5.69 Å². The van der Waals surface area contributed by atoms with Gasteiger partial charge in [0.1, 0.15) is 10.6 Å². The Morgan fingerprint density at radius 3 is 2.61 bits per heavy atom. The molecule has 3 nitrogen and oxygen atoms in total. The highest BCUT2D eigenvalue weighted by molar-refractivity contribution is 7.09. The summed E-state index contributed by atoms with van der Waals surface area (Å²) < 4.78 is 41.3. The van der Waals surface area contributed by atoms with Gasteiger partial charge in [0.25, 0.3) is 0 Å². The van der Waals surface area contributed by atoms with Crippen LogP contribution in [0.2, 0.25) is 0 Å². The highest BCUT2D eigenvalue weighted by atomic mass is 32.1. The number of alkyl halides is 3. The Morgan fingerprint density at radius 1 is 1.44 bits per heavy atom. The zero-order chi connectivity index (χ0) is 13.8. The van der Waals surface area contributed by atoms with Gasteiger partial charge in [-0.25, -0.2) is 4.98 Å². The summed E-state index contributed by atoms with van der Waals surface area (Å²) >= 11 is 1.41. The van der Waals surface area contributed by atoms with Crippen molar-refractivity contribution in [2.75, 3.05) is 13.7 Å². The highest BCUT2D eigenvalue weighted by Crippen LogP contribution is 2.30. The normalized spacial score (nSPS) is 15.7. The van der Waals surface area contributed by atoms with Crippen molar-refractivity contribution in [3.63, 3.8) is 0 Å². The summed E-state index contributed by atoms with van der Waals surface area (Å²) in [4.78, 5) is 4.31. The van der Waals surface area contributed by atoms with E-state index in [1.54, 1.807) is 12.5 Å². The summed E-state index contributed by atoms with van der Waals surface area (Å²) in [5.41, 5.74) is 0.142. The molecule has 0 fully saturated rings. The van der Waals surface area contributed by atoms with Crippen molar-refractivity contribution >= 4 is 11.3 Å². The lowest BCUT2D eigenvalue weighted by molar-refractivity contribution is -0.125. The zero-order valence-corrected chi connectivity index (χ0v) is 11.4. The first-order valence-corrected chi connectivity index (χ1v) is 6.46. The van der Waals surface area contributed by atoms with E-state index < -0.39 is 18.3 Å². The molecule has 0 aromatic carbocycles. The van der Waals surface area contributed by atoms with Crippen molar-refractivity contribution in [2.45, 2.75) is 38.6 Å². The predicted molar refractivity (Wildman–Crippen MR) is 64.5 cm³/mol. The van der Waals surface area contributed by atoms with Crippen LogP contribution < -0.4 is 5.32 Å². The molecular weight excluding hydrogens is 265 g/mol. The molecule has 0 saturated carbocycles. The second-order valence-electron chi connectivity index (χ2n) is 4.15. The van der Waals surface area contributed by atoms with E-state index in [1.807, 2.05) is 13.8 Å². The van der Waals surface area contributed by atoms with Crippen molar-refractivity contribution in [1.82, 2.24) is 10.3 Å². The largest absolute Gasteiger partial charge is 0.401 e. The number of rotatable bonds is 6. The summed E-state index contributed by atoms with van der Waals surface area (Å²) in [6.45, 7) is 3.00. The lowest BCUT2D eigenvalue weighted by Gasteiger charge is -2.23. The Hall–Kier alpha value is -0.660. The Labute approximate surface area is 108 Å². The SMILES string of the molecule is CCC(C)(OC)c1nc(CNCC(F)(F)F)cs1. The van der Waals surface area contributed by atoms with Crippen LogP contribution in [0.25, 0.3) is 0 Å². The smallest absolute Gasteiger partial charge is 0.371 e. The Balaban J connectivity index is 2.59. The lowest BCUT2D eigenvalue weighted by Crippen LogP contribution is -2.28. The summed E-state index contributed by atoms with van der Waals surface area (Å²) in [6, 6.07) is 0. The molecule has 0 aliphatic heterocycles. The third-order valence-corrected chi connectivity index (χ3v) is 3.90. The maximum absolute atomic E-state index is 12.0. The molecule has 0 radical (unpaired) electrons. The van der Waals surface area contributed by atoms with E-state index in [0.717, 1.165) is 11.4 Å². The van der Waals surface area contributed by atoms with Gasteiger partial charge in [0.05, 0.1) is 12.2 Å². The fourth-order valence-electron chi connectivity index (χ4n) is 1.35. The van der Waals surface area contributed by atoms with Crippen LogP contribution in [0.15, 0.2) is 5.38 Å². The molecular formula is C11H17F3N2OS. The molecule has 0 spiro atoms. The van der Waals surface area contributed by atoms with Crippen LogP contribution in [-0.2, 0) is 16.9 Å². The van der Waals surface area contributed by atoms with E-state index in [9.17, 15) is 13.2 Å². The molecule has 0 amide bonds. The van der Waals surface area contributed by atoms with Gasteiger partial charge in [-0.15, -0.1) is 11.3 Å². The zero-order valence-electron chi connectivity index (χ0n) is 10.6. The van der Waals surface area contributed by atoms with Crippen molar-refractivity contribution in [3.05, 3.63) is 16.1 Å².